The normalized spacial score (nSPS) is 10.2. The van der Waals surface area contributed by atoms with Crippen LogP contribution in [0.5, 0.6) is 0 Å². The van der Waals surface area contributed by atoms with E-state index < -0.39 is 17.2 Å². The van der Waals surface area contributed by atoms with Gasteiger partial charge in [-0.05, 0) is 18.6 Å². The highest BCUT2D eigenvalue weighted by molar-refractivity contribution is 5.84. The van der Waals surface area contributed by atoms with Crippen molar-refractivity contribution in [3.05, 3.63) is 58.3 Å². The zero-order chi connectivity index (χ0) is 12.4. The van der Waals surface area contributed by atoms with Crippen molar-refractivity contribution >= 4 is 5.97 Å². The van der Waals surface area contributed by atoms with E-state index in [1.54, 1.807) is 12.1 Å². The van der Waals surface area contributed by atoms with Crippen LogP contribution in [0.3, 0.4) is 0 Å². The molecule has 0 unspecified atom stereocenters. The quantitative estimate of drug-likeness (QED) is 0.842. The molecule has 0 aliphatic rings. The number of nitrogens with zero attached hydrogens (tertiary/aromatic N) is 2. The molecule has 0 amide bonds. The van der Waals surface area contributed by atoms with Gasteiger partial charge in [0.05, 0.1) is 5.69 Å². The topological polar surface area (TPSA) is 72.2 Å². The van der Waals surface area contributed by atoms with Crippen molar-refractivity contribution in [1.82, 2.24) is 9.55 Å². The molecule has 2 rings (SSSR count). The average molecular weight is 230 g/mol. The summed E-state index contributed by atoms with van der Waals surface area (Å²) < 4.78 is 1.28. The Morgan fingerprint density at radius 1 is 1.35 bits per heavy atom. The Morgan fingerprint density at radius 2 is 2.06 bits per heavy atom. The summed E-state index contributed by atoms with van der Waals surface area (Å²) in [6.07, 6.45) is 2.76. The van der Waals surface area contributed by atoms with Gasteiger partial charge in [0.2, 0.25) is 5.69 Å². The molecule has 5 nitrogen and oxygen atoms in total. The molecule has 0 fully saturated rings. The molecular formula is C12H10N2O3. The molecule has 86 valence electrons. The molecule has 0 atom stereocenters. The van der Waals surface area contributed by atoms with Crippen LogP contribution in [-0.2, 0) is 0 Å². The molecule has 0 saturated heterocycles. The third-order valence-electron chi connectivity index (χ3n) is 2.42. The van der Waals surface area contributed by atoms with Crippen molar-refractivity contribution in [2.75, 3.05) is 0 Å². The van der Waals surface area contributed by atoms with E-state index in [2.05, 4.69) is 4.98 Å². The number of aromatic nitrogens is 2. The van der Waals surface area contributed by atoms with Gasteiger partial charge in [0.15, 0.2) is 0 Å². The Balaban J connectivity index is 2.70. The molecule has 0 aliphatic heterocycles. The van der Waals surface area contributed by atoms with Crippen LogP contribution in [0.1, 0.15) is 16.1 Å². The van der Waals surface area contributed by atoms with Crippen molar-refractivity contribution in [2.24, 2.45) is 0 Å². The number of para-hydroxylation sites is 1. The standard InChI is InChI=1S/C12H10N2O3/c1-8-4-2-3-5-9(8)14-7-6-13-10(11(14)15)12(16)17/h2-7H,1H3,(H,16,17). The zero-order valence-electron chi connectivity index (χ0n) is 9.12. The molecule has 5 heteroatoms. The van der Waals surface area contributed by atoms with Crippen molar-refractivity contribution in [2.45, 2.75) is 6.92 Å². The van der Waals surface area contributed by atoms with Crippen LogP contribution in [0.15, 0.2) is 41.5 Å². The number of hydrogen-bond donors (Lipinski definition) is 1. The second kappa shape index (κ2) is 4.21. The lowest BCUT2D eigenvalue weighted by Gasteiger charge is -2.08. The van der Waals surface area contributed by atoms with Crippen molar-refractivity contribution < 1.29 is 9.90 Å². The Bertz CT molecular complexity index is 632. The highest BCUT2D eigenvalue weighted by Crippen LogP contribution is 2.10. The molecule has 1 aromatic heterocycles. The highest BCUT2D eigenvalue weighted by atomic mass is 16.4. The van der Waals surface area contributed by atoms with Gasteiger partial charge in [-0.1, -0.05) is 18.2 Å². The Labute approximate surface area is 97.0 Å². The molecule has 17 heavy (non-hydrogen) atoms. The first kappa shape index (κ1) is 11.1. The Hall–Kier alpha value is -2.43. The number of carboxylic acid groups (broad SMARTS) is 1. The summed E-state index contributed by atoms with van der Waals surface area (Å²) >= 11 is 0. The number of hydrogen-bond acceptors (Lipinski definition) is 3. The Morgan fingerprint density at radius 3 is 2.71 bits per heavy atom. The van der Waals surface area contributed by atoms with Gasteiger partial charge in [-0.3, -0.25) is 9.36 Å². The highest BCUT2D eigenvalue weighted by Gasteiger charge is 2.13. The van der Waals surface area contributed by atoms with E-state index in [-0.39, 0.29) is 0 Å². The molecule has 0 radical (unpaired) electrons. The van der Waals surface area contributed by atoms with Gasteiger partial charge in [-0.25, -0.2) is 9.78 Å². The lowest BCUT2D eigenvalue weighted by atomic mass is 10.2. The van der Waals surface area contributed by atoms with E-state index in [1.165, 1.54) is 17.0 Å². The lowest BCUT2D eigenvalue weighted by Crippen LogP contribution is -2.26. The van der Waals surface area contributed by atoms with E-state index in [0.29, 0.717) is 5.69 Å². The van der Waals surface area contributed by atoms with Crippen molar-refractivity contribution in [3.63, 3.8) is 0 Å². The maximum absolute atomic E-state index is 11.9. The third kappa shape index (κ3) is 1.94. The van der Waals surface area contributed by atoms with Crippen LogP contribution in [0.25, 0.3) is 5.69 Å². The largest absolute Gasteiger partial charge is 0.476 e. The second-order valence-corrected chi connectivity index (χ2v) is 3.54. The molecule has 0 aliphatic carbocycles. The van der Waals surface area contributed by atoms with Gasteiger partial charge in [0.25, 0.3) is 5.56 Å². The van der Waals surface area contributed by atoms with Gasteiger partial charge in [0.1, 0.15) is 0 Å². The summed E-state index contributed by atoms with van der Waals surface area (Å²) in [7, 11) is 0. The summed E-state index contributed by atoms with van der Waals surface area (Å²) in [6, 6.07) is 7.24. The summed E-state index contributed by atoms with van der Waals surface area (Å²) in [4.78, 5) is 26.3. The molecule has 0 saturated carbocycles. The van der Waals surface area contributed by atoms with Crippen LogP contribution < -0.4 is 5.56 Å². The maximum atomic E-state index is 11.9. The van der Waals surface area contributed by atoms with Gasteiger partial charge in [-0.2, -0.15) is 0 Å². The van der Waals surface area contributed by atoms with Gasteiger partial charge in [0, 0.05) is 12.4 Å². The van der Waals surface area contributed by atoms with E-state index >= 15 is 0 Å². The van der Waals surface area contributed by atoms with Crippen molar-refractivity contribution in [1.29, 1.82) is 0 Å². The fraction of sp³-hybridized carbons (Fsp3) is 0.0833. The molecular weight excluding hydrogens is 220 g/mol. The summed E-state index contributed by atoms with van der Waals surface area (Å²) in [5.74, 6) is -1.32. The average Bonchev–Trinajstić information content (AvgIpc) is 2.30. The first-order valence-corrected chi connectivity index (χ1v) is 4.98. The summed E-state index contributed by atoms with van der Waals surface area (Å²) in [5.41, 5.74) is 0.435. The van der Waals surface area contributed by atoms with E-state index in [4.69, 9.17) is 5.11 Å². The zero-order valence-corrected chi connectivity index (χ0v) is 9.12. The van der Waals surface area contributed by atoms with Crippen molar-refractivity contribution in [3.8, 4) is 5.69 Å². The minimum Gasteiger partial charge on any atom is -0.476 e. The number of benzene rings is 1. The second-order valence-electron chi connectivity index (χ2n) is 3.54. The number of carbonyl (C=O) groups is 1. The lowest BCUT2D eigenvalue weighted by molar-refractivity contribution is 0.0688. The molecule has 0 bridgehead atoms. The van der Waals surface area contributed by atoms with Gasteiger partial charge >= 0.3 is 5.97 Å². The maximum Gasteiger partial charge on any atom is 0.360 e. The number of aryl methyl sites for hydroxylation is 1. The van der Waals surface area contributed by atoms with Crippen LogP contribution in [-0.4, -0.2) is 20.6 Å². The van der Waals surface area contributed by atoms with Crippen LogP contribution in [0.4, 0.5) is 0 Å². The fourth-order valence-corrected chi connectivity index (χ4v) is 1.58. The number of aromatic carboxylic acids is 1. The molecule has 0 spiro atoms. The third-order valence-corrected chi connectivity index (χ3v) is 2.42. The minimum absolute atomic E-state index is 0.476. The smallest absolute Gasteiger partial charge is 0.360 e. The molecule has 2 aromatic rings. The van der Waals surface area contributed by atoms with E-state index in [1.807, 2.05) is 19.1 Å². The van der Waals surface area contributed by atoms with Crippen LogP contribution >= 0.6 is 0 Å². The molecule has 1 aromatic carbocycles. The Kier molecular flexibility index (Phi) is 2.74. The van der Waals surface area contributed by atoms with Crippen LogP contribution in [0.2, 0.25) is 0 Å². The van der Waals surface area contributed by atoms with E-state index in [0.717, 1.165) is 5.56 Å². The van der Waals surface area contributed by atoms with Crippen LogP contribution in [0, 0.1) is 6.92 Å². The predicted octanol–water partition coefficient (Wildman–Crippen LogP) is 1.24. The molecule has 1 N–H and O–H groups in total. The van der Waals surface area contributed by atoms with Gasteiger partial charge in [-0.15, -0.1) is 0 Å². The van der Waals surface area contributed by atoms with Gasteiger partial charge < -0.3 is 5.11 Å². The molecule has 1 heterocycles. The SMILES string of the molecule is Cc1ccccc1-n1ccnc(C(=O)O)c1=O. The number of carboxylic acids is 1. The fourth-order valence-electron chi connectivity index (χ4n) is 1.58. The monoisotopic (exact) mass is 230 g/mol. The first-order chi connectivity index (χ1) is 8.11. The number of rotatable bonds is 2. The minimum atomic E-state index is -1.32. The first-order valence-electron chi connectivity index (χ1n) is 4.98. The summed E-state index contributed by atoms with van der Waals surface area (Å²) in [5, 5.41) is 8.83. The van der Waals surface area contributed by atoms with E-state index in [9.17, 15) is 9.59 Å². The predicted molar refractivity (Wildman–Crippen MR) is 61.5 cm³/mol. The summed E-state index contributed by atoms with van der Waals surface area (Å²) in [6.45, 7) is 1.85.